The summed E-state index contributed by atoms with van der Waals surface area (Å²) in [6.07, 6.45) is 9.87. The Labute approximate surface area is 225 Å². The van der Waals surface area contributed by atoms with Crippen LogP contribution in [0.15, 0.2) is 24.4 Å². The topological polar surface area (TPSA) is 76.6 Å². The summed E-state index contributed by atoms with van der Waals surface area (Å²) in [7, 11) is 0. The minimum atomic E-state index is -0.545. The Hall–Kier alpha value is -2.94. The van der Waals surface area contributed by atoms with E-state index in [1.54, 1.807) is 6.07 Å². The van der Waals surface area contributed by atoms with E-state index >= 15 is 4.39 Å². The first-order valence-electron chi connectivity index (χ1n) is 14.4. The molecular weight excluding hydrogens is 481 g/mol. The van der Waals surface area contributed by atoms with Crippen LogP contribution >= 0.6 is 0 Å². The zero-order valence-electron chi connectivity index (χ0n) is 22.7. The van der Waals surface area contributed by atoms with Gasteiger partial charge in [-0.2, -0.15) is 4.98 Å². The second-order valence-electron chi connectivity index (χ2n) is 11.7. The fourth-order valence-electron chi connectivity index (χ4n) is 7.02. The molecule has 1 amide bonds. The highest BCUT2D eigenvalue weighted by Gasteiger charge is 2.55. The van der Waals surface area contributed by atoms with Crippen molar-refractivity contribution in [2.24, 2.45) is 0 Å². The third-order valence-corrected chi connectivity index (χ3v) is 8.97. The highest BCUT2D eigenvalue weighted by molar-refractivity contribution is 5.94. The third kappa shape index (κ3) is 4.59. The molecule has 1 unspecified atom stereocenters. The first-order chi connectivity index (χ1) is 18.4. The smallest absolute Gasteiger partial charge is 0.246 e. The summed E-state index contributed by atoms with van der Waals surface area (Å²) in [4.78, 5) is 29.5. The average Bonchev–Trinajstić information content (AvgIpc) is 3.59. The van der Waals surface area contributed by atoms with Crippen molar-refractivity contribution in [3.05, 3.63) is 35.8 Å². The number of carbonyl (C=O) groups excluding carboxylic acids is 1. The van der Waals surface area contributed by atoms with E-state index in [1.165, 1.54) is 12.8 Å². The Morgan fingerprint density at radius 3 is 2.53 bits per heavy atom. The number of hydrogen-bond donors (Lipinski definition) is 2. The maximum atomic E-state index is 15.3. The van der Waals surface area contributed by atoms with Crippen molar-refractivity contribution >= 4 is 29.0 Å². The van der Waals surface area contributed by atoms with Crippen LogP contribution in [-0.2, 0) is 11.2 Å². The van der Waals surface area contributed by atoms with Crippen LogP contribution in [0.3, 0.4) is 0 Å². The van der Waals surface area contributed by atoms with E-state index in [4.69, 9.17) is 4.98 Å². The van der Waals surface area contributed by atoms with Crippen LogP contribution in [0.5, 0.6) is 0 Å². The lowest BCUT2D eigenvalue weighted by Crippen LogP contribution is -2.56. The number of carbonyl (C=O) groups is 1. The molecule has 8 nitrogen and oxygen atoms in total. The maximum Gasteiger partial charge on any atom is 0.246 e. The Kier molecular flexibility index (Phi) is 6.88. The molecule has 2 N–H and O–H groups in total. The number of aromatic nitrogens is 2. The van der Waals surface area contributed by atoms with E-state index in [2.05, 4.69) is 44.2 Å². The number of fused-ring (bicyclic) bond motifs is 1. The van der Waals surface area contributed by atoms with Crippen molar-refractivity contribution in [3.63, 3.8) is 0 Å². The van der Waals surface area contributed by atoms with Gasteiger partial charge in [0.2, 0.25) is 11.9 Å². The van der Waals surface area contributed by atoms with E-state index in [9.17, 15) is 4.79 Å². The van der Waals surface area contributed by atoms with Crippen LogP contribution in [0.1, 0.15) is 64.4 Å². The number of anilines is 4. The molecule has 4 aliphatic rings. The standard InChI is InChI=1S/C29H40FN7O/c1-20(2)35-13-5-15-36(16-6-14-35)25-10-9-22(17-24(25)30)33-28-32-19-21-18-29(11-12-31-27(29)38)37(26(21)34-28)23-7-3-4-8-23/h9-10,17,19-20,23H,3-8,11-16,18H2,1-2H3,(H,31,38)(H,32,33,34). The number of rotatable bonds is 5. The van der Waals surface area contributed by atoms with Crippen LogP contribution < -0.4 is 20.4 Å². The zero-order chi connectivity index (χ0) is 26.3. The summed E-state index contributed by atoms with van der Waals surface area (Å²) in [6, 6.07) is 6.21. The van der Waals surface area contributed by atoms with Gasteiger partial charge in [0.1, 0.15) is 17.2 Å². The second kappa shape index (κ2) is 10.3. The number of hydrogen-bond acceptors (Lipinski definition) is 7. The summed E-state index contributed by atoms with van der Waals surface area (Å²) >= 11 is 0. The van der Waals surface area contributed by atoms with Crippen molar-refractivity contribution < 1.29 is 9.18 Å². The molecule has 2 saturated heterocycles. The van der Waals surface area contributed by atoms with Gasteiger partial charge in [-0.25, -0.2) is 9.37 Å². The minimum absolute atomic E-state index is 0.107. The molecule has 0 radical (unpaired) electrons. The number of benzene rings is 1. The number of nitrogens with one attached hydrogen (secondary N) is 2. The quantitative estimate of drug-likeness (QED) is 0.610. The molecule has 38 heavy (non-hydrogen) atoms. The first-order valence-corrected chi connectivity index (χ1v) is 14.4. The monoisotopic (exact) mass is 521 g/mol. The molecular formula is C29H40FN7O. The van der Waals surface area contributed by atoms with Gasteiger partial charge < -0.3 is 25.3 Å². The minimum Gasteiger partial charge on any atom is -0.369 e. The highest BCUT2D eigenvalue weighted by Crippen LogP contribution is 2.46. The van der Waals surface area contributed by atoms with E-state index < -0.39 is 5.54 Å². The van der Waals surface area contributed by atoms with Gasteiger partial charge in [-0.15, -0.1) is 0 Å². The Morgan fingerprint density at radius 1 is 1.11 bits per heavy atom. The molecule has 204 valence electrons. The van der Waals surface area contributed by atoms with Crippen LogP contribution in [0.4, 0.5) is 27.5 Å². The lowest BCUT2D eigenvalue weighted by atomic mass is 9.91. The molecule has 1 spiro atoms. The molecule has 9 heteroatoms. The van der Waals surface area contributed by atoms with Gasteiger partial charge in [0.15, 0.2) is 0 Å². The normalized spacial score (nSPS) is 24.7. The van der Waals surface area contributed by atoms with Gasteiger partial charge in [0.05, 0.1) is 5.69 Å². The van der Waals surface area contributed by atoms with Crippen molar-refractivity contribution in [2.45, 2.75) is 82.8 Å². The molecule has 1 saturated carbocycles. The fraction of sp³-hybridized carbons (Fsp3) is 0.621. The molecule has 6 rings (SSSR count). The number of nitrogens with zero attached hydrogens (tertiary/aromatic N) is 5. The zero-order valence-corrected chi connectivity index (χ0v) is 22.7. The molecule has 1 aromatic carbocycles. The average molecular weight is 522 g/mol. The SMILES string of the molecule is CC(C)N1CCCN(c2ccc(Nc3ncc4c(n3)N(C3CCCC3)C3(CCNC3=O)C4)cc2F)CCC1. The molecule has 0 bridgehead atoms. The largest absolute Gasteiger partial charge is 0.369 e. The number of amides is 1. The Balaban J connectivity index is 1.19. The van der Waals surface area contributed by atoms with Crippen LogP contribution in [0.2, 0.25) is 0 Å². The van der Waals surface area contributed by atoms with Gasteiger partial charge >= 0.3 is 0 Å². The van der Waals surface area contributed by atoms with Crippen molar-refractivity contribution in [1.82, 2.24) is 20.2 Å². The van der Waals surface area contributed by atoms with Gasteiger partial charge in [0.25, 0.3) is 0 Å². The molecule has 1 aliphatic carbocycles. The second-order valence-corrected chi connectivity index (χ2v) is 11.7. The summed E-state index contributed by atoms with van der Waals surface area (Å²) < 4.78 is 15.3. The summed E-state index contributed by atoms with van der Waals surface area (Å²) in [5, 5.41) is 6.29. The predicted octanol–water partition coefficient (Wildman–Crippen LogP) is 4.23. The first kappa shape index (κ1) is 25.3. The van der Waals surface area contributed by atoms with Crippen molar-refractivity contribution in [1.29, 1.82) is 0 Å². The Bertz CT molecular complexity index is 1170. The molecule has 4 heterocycles. The maximum absolute atomic E-state index is 15.3. The van der Waals surface area contributed by atoms with E-state index in [1.807, 2.05) is 18.3 Å². The molecule has 1 atom stereocenters. The van der Waals surface area contributed by atoms with E-state index in [-0.39, 0.29) is 11.7 Å². The number of halogens is 1. The lowest BCUT2D eigenvalue weighted by molar-refractivity contribution is -0.123. The summed E-state index contributed by atoms with van der Waals surface area (Å²) in [6.45, 7) is 8.99. The fourth-order valence-corrected chi connectivity index (χ4v) is 7.02. The van der Waals surface area contributed by atoms with Crippen LogP contribution in [-0.4, -0.2) is 71.1 Å². The van der Waals surface area contributed by atoms with Gasteiger partial charge in [-0.3, -0.25) is 4.79 Å². The van der Waals surface area contributed by atoms with E-state index in [0.29, 0.717) is 42.4 Å². The van der Waals surface area contributed by atoms with Gasteiger partial charge in [-0.05, 0) is 64.2 Å². The molecule has 3 aliphatic heterocycles. The Morgan fingerprint density at radius 2 is 1.87 bits per heavy atom. The van der Waals surface area contributed by atoms with Crippen molar-refractivity contribution in [2.75, 3.05) is 47.8 Å². The third-order valence-electron chi connectivity index (χ3n) is 8.97. The summed E-state index contributed by atoms with van der Waals surface area (Å²) in [5.74, 6) is 1.18. The lowest BCUT2D eigenvalue weighted by Gasteiger charge is -2.38. The highest BCUT2D eigenvalue weighted by atomic mass is 19.1. The molecule has 3 fully saturated rings. The molecule has 2 aromatic rings. The van der Waals surface area contributed by atoms with Gasteiger partial charge in [-0.1, -0.05) is 12.8 Å². The predicted molar refractivity (Wildman–Crippen MR) is 149 cm³/mol. The molecule has 1 aromatic heterocycles. The van der Waals surface area contributed by atoms with E-state index in [0.717, 1.165) is 69.7 Å². The van der Waals surface area contributed by atoms with Crippen molar-refractivity contribution in [3.8, 4) is 0 Å². The summed E-state index contributed by atoms with van der Waals surface area (Å²) in [5.41, 5.74) is 1.76. The van der Waals surface area contributed by atoms with Gasteiger partial charge in [0, 0.05) is 68.7 Å². The van der Waals surface area contributed by atoms with Crippen LogP contribution in [0, 0.1) is 5.82 Å². The van der Waals surface area contributed by atoms with Crippen LogP contribution in [0.25, 0.3) is 0 Å².